The molecule has 84 valence electrons. The Hall–Kier alpha value is -1.81. The molecule has 0 heterocycles. The summed E-state index contributed by atoms with van der Waals surface area (Å²) in [5, 5.41) is 9.12. The van der Waals surface area contributed by atoms with Gasteiger partial charge in [0.05, 0.1) is 18.2 Å². The summed E-state index contributed by atoms with van der Waals surface area (Å²) in [5.74, 6) is -1.85. The zero-order chi connectivity index (χ0) is 12.3. The van der Waals surface area contributed by atoms with E-state index in [4.69, 9.17) is 16.7 Å². The van der Waals surface area contributed by atoms with Crippen LogP contribution in [0, 0.1) is 0 Å². The molecule has 1 aromatic rings. The van der Waals surface area contributed by atoms with E-state index in [0.29, 0.717) is 5.02 Å². The molecule has 1 aromatic carbocycles. The number of hydrogen-bond donors (Lipinski definition) is 1. The van der Waals surface area contributed by atoms with E-state index in [1.54, 1.807) is 0 Å². The van der Waals surface area contributed by atoms with E-state index in [1.807, 2.05) is 0 Å². The van der Waals surface area contributed by atoms with E-state index in [-0.39, 0.29) is 16.7 Å². The van der Waals surface area contributed by atoms with Gasteiger partial charge in [-0.3, -0.25) is 0 Å². The molecule has 0 radical (unpaired) electrons. The Morgan fingerprint density at radius 2 is 2.00 bits per heavy atom. The number of hydrogen-bond acceptors (Lipinski definition) is 3. The summed E-state index contributed by atoms with van der Waals surface area (Å²) in [6.45, 7) is 3.38. The first-order valence-corrected chi connectivity index (χ1v) is 4.65. The van der Waals surface area contributed by atoms with E-state index < -0.39 is 11.9 Å². The SMILES string of the molecule is C=C(C(=O)O)c1ccc(Cl)cc1C(=O)OC. The summed E-state index contributed by atoms with van der Waals surface area (Å²) >= 11 is 5.72. The summed E-state index contributed by atoms with van der Waals surface area (Å²) in [6.07, 6.45) is 0. The van der Waals surface area contributed by atoms with Crippen molar-refractivity contribution < 1.29 is 19.4 Å². The van der Waals surface area contributed by atoms with Crippen LogP contribution < -0.4 is 0 Å². The van der Waals surface area contributed by atoms with Crippen molar-refractivity contribution in [2.75, 3.05) is 7.11 Å². The number of carboxylic acids is 1. The minimum atomic E-state index is -1.20. The highest BCUT2D eigenvalue weighted by Crippen LogP contribution is 2.22. The zero-order valence-corrected chi connectivity index (χ0v) is 9.25. The van der Waals surface area contributed by atoms with Gasteiger partial charge in [0.2, 0.25) is 0 Å². The largest absolute Gasteiger partial charge is 0.478 e. The standard InChI is InChI=1S/C11H9ClO4/c1-6(10(13)14)8-4-3-7(12)5-9(8)11(15)16-2/h3-5H,1H2,2H3,(H,13,14). The fraction of sp³-hybridized carbons (Fsp3) is 0.0909. The Morgan fingerprint density at radius 1 is 1.38 bits per heavy atom. The van der Waals surface area contributed by atoms with E-state index in [0.717, 1.165) is 0 Å². The number of rotatable bonds is 3. The molecule has 16 heavy (non-hydrogen) atoms. The van der Waals surface area contributed by atoms with Gasteiger partial charge >= 0.3 is 11.9 Å². The molecular weight excluding hydrogens is 232 g/mol. The van der Waals surface area contributed by atoms with Gasteiger partial charge in [0.1, 0.15) is 0 Å². The molecule has 0 aliphatic heterocycles. The van der Waals surface area contributed by atoms with Gasteiger partial charge in [-0.05, 0) is 12.1 Å². The maximum atomic E-state index is 11.4. The number of carbonyl (C=O) groups is 2. The molecule has 0 aliphatic carbocycles. The molecule has 4 nitrogen and oxygen atoms in total. The first-order valence-electron chi connectivity index (χ1n) is 4.27. The topological polar surface area (TPSA) is 63.6 Å². The maximum absolute atomic E-state index is 11.4. The van der Waals surface area contributed by atoms with Crippen molar-refractivity contribution in [2.45, 2.75) is 0 Å². The van der Waals surface area contributed by atoms with Crippen molar-refractivity contribution in [3.63, 3.8) is 0 Å². The lowest BCUT2D eigenvalue weighted by Gasteiger charge is -2.07. The summed E-state index contributed by atoms with van der Waals surface area (Å²) in [7, 11) is 1.20. The van der Waals surface area contributed by atoms with Crippen molar-refractivity contribution >= 4 is 29.1 Å². The Balaban J connectivity index is 3.33. The van der Waals surface area contributed by atoms with E-state index in [1.165, 1.54) is 25.3 Å². The first kappa shape index (κ1) is 12.3. The number of benzene rings is 1. The molecule has 0 spiro atoms. The summed E-state index contributed by atoms with van der Waals surface area (Å²) in [4.78, 5) is 22.2. The zero-order valence-electron chi connectivity index (χ0n) is 8.49. The highest BCUT2D eigenvalue weighted by atomic mass is 35.5. The number of aliphatic carboxylic acids is 1. The lowest BCUT2D eigenvalue weighted by molar-refractivity contribution is -0.130. The summed E-state index contributed by atoms with van der Waals surface area (Å²) in [6, 6.07) is 4.25. The smallest absolute Gasteiger partial charge is 0.338 e. The van der Waals surface area contributed by atoms with E-state index in [9.17, 15) is 9.59 Å². The number of carboxylic acid groups (broad SMARTS) is 1. The molecule has 0 unspecified atom stereocenters. The number of methoxy groups -OCH3 is 1. The van der Waals surface area contributed by atoms with Gasteiger partial charge in [0, 0.05) is 10.6 Å². The fourth-order valence-electron chi connectivity index (χ4n) is 1.17. The van der Waals surface area contributed by atoms with Crippen LogP contribution in [0.2, 0.25) is 5.02 Å². The van der Waals surface area contributed by atoms with Gasteiger partial charge in [-0.15, -0.1) is 0 Å². The minimum absolute atomic E-state index is 0.0856. The van der Waals surface area contributed by atoms with E-state index in [2.05, 4.69) is 11.3 Å². The van der Waals surface area contributed by atoms with Crippen LogP contribution in [0.15, 0.2) is 24.8 Å². The molecule has 1 rings (SSSR count). The number of halogens is 1. The van der Waals surface area contributed by atoms with Crippen molar-refractivity contribution in [1.82, 2.24) is 0 Å². The molecule has 0 saturated carbocycles. The third-order valence-corrected chi connectivity index (χ3v) is 2.21. The maximum Gasteiger partial charge on any atom is 0.338 e. The predicted molar refractivity (Wildman–Crippen MR) is 59.5 cm³/mol. The highest BCUT2D eigenvalue weighted by molar-refractivity contribution is 6.31. The summed E-state index contributed by atoms with van der Waals surface area (Å²) in [5.41, 5.74) is 0.100. The predicted octanol–water partition coefficient (Wildman–Crippen LogP) is 2.22. The number of carbonyl (C=O) groups excluding carboxylic acids is 1. The molecule has 1 N–H and O–H groups in total. The Morgan fingerprint density at radius 3 is 2.50 bits per heavy atom. The fourth-order valence-corrected chi connectivity index (χ4v) is 1.35. The van der Waals surface area contributed by atoms with Crippen LogP contribution in [-0.2, 0) is 9.53 Å². The van der Waals surface area contributed by atoms with Crippen LogP contribution in [-0.4, -0.2) is 24.2 Å². The van der Waals surface area contributed by atoms with Gasteiger partial charge in [-0.2, -0.15) is 0 Å². The second-order valence-corrected chi connectivity index (χ2v) is 3.40. The normalized spacial score (nSPS) is 9.62. The molecule has 5 heteroatoms. The second kappa shape index (κ2) is 4.81. The van der Waals surface area contributed by atoms with Crippen LogP contribution in [0.5, 0.6) is 0 Å². The number of ether oxygens (including phenoxy) is 1. The van der Waals surface area contributed by atoms with Gasteiger partial charge in [-0.25, -0.2) is 9.59 Å². The monoisotopic (exact) mass is 240 g/mol. The van der Waals surface area contributed by atoms with Gasteiger partial charge in [0.15, 0.2) is 0 Å². The molecule has 0 amide bonds. The Kier molecular flexibility index (Phi) is 3.68. The van der Waals surface area contributed by atoms with Gasteiger partial charge < -0.3 is 9.84 Å². The minimum Gasteiger partial charge on any atom is -0.478 e. The van der Waals surface area contributed by atoms with Crippen LogP contribution in [0.3, 0.4) is 0 Å². The Labute approximate surface area is 97.1 Å². The van der Waals surface area contributed by atoms with Crippen molar-refractivity contribution in [2.24, 2.45) is 0 Å². The first-order chi connectivity index (χ1) is 7.47. The lowest BCUT2D eigenvalue weighted by atomic mass is 10.0. The molecule has 0 saturated heterocycles. The van der Waals surface area contributed by atoms with Crippen LogP contribution >= 0.6 is 11.6 Å². The molecule has 0 atom stereocenters. The van der Waals surface area contributed by atoms with Crippen molar-refractivity contribution in [1.29, 1.82) is 0 Å². The van der Waals surface area contributed by atoms with Gasteiger partial charge in [0.25, 0.3) is 0 Å². The molecule has 0 aliphatic rings. The third kappa shape index (κ3) is 2.41. The van der Waals surface area contributed by atoms with Crippen LogP contribution in [0.1, 0.15) is 15.9 Å². The average molecular weight is 241 g/mol. The van der Waals surface area contributed by atoms with Crippen LogP contribution in [0.25, 0.3) is 5.57 Å². The van der Waals surface area contributed by atoms with Crippen molar-refractivity contribution in [3.8, 4) is 0 Å². The molecule has 0 bridgehead atoms. The van der Waals surface area contributed by atoms with Crippen LogP contribution in [0.4, 0.5) is 0 Å². The highest BCUT2D eigenvalue weighted by Gasteiger charge is 2.17. The van der Waals surface area contributed by atoms with E-state index >= 15 is 0 Å². The quantitative estimate of drug-likeness (QED) is 0.650. The lowest BCUT2D eigenvalue weighted by Crippen LogP contribution is -2.08. The third-order valence-electron chi connectivity index (χ3n) is 1.97. The van der Waals surface area contributed by atoms with Crippen molar-refractivity contribution in [3.05, 3.63) is 40.9 Å². The molecular formula is C11H9ClO4. The number of esters is 1. The summed E-state index contributed by atoms with van der Waals surface area (Å²) < 4.78 is 4.53. The second-order valence-electron chi connectivity index (χ2n) is 2.97. The molecule has 0 aromatic heterocycles. The Bertz CT molecular complexity index is 465. The molecule has 0 fully saturated rings. The average Bonchev–Trinajstić information content (AvgIpc) is 2.26. The van der Waals surface area contributed by atoms with Gasteiger partial charge in [-0.1, -0.05) is 24.2 Å².